The highest BCUT2D eigenvalue weighted by atomic mass is 16.5. The van der Waals surface area contributed by atoms with Crippen molar-refractivity contribution in [2.24, 2.45) is 0 Å². The molecule has 4 rings (SSSR count). The van der Waals surface area contributed by atoms with E-state index in [-0.39, 0.29) is 11.9 Å². The van der Waals surface area contributed by atoms with Gasteiger partial charge in [-0.3, -0.25) is 9.80 Å². The summed E-state index contributed by atoms with van der Waals surface area (Å²) in [4.78, 5) is 22.7. The van der Waals surface area contributed by atoms with Crippen LogP contribution in [0.2, 0.25) is 0 Å². The van der Waals surface area contributed by atoms with Gasteiger partial charge < -0.3 is 19.9 Å². The smallest absolute Gasteiger partial charge is 0.254 e. The number of aromatic nitrogens is 1. The average Bonchev–Trinajstić information content (AvgIpc) is 3.27. The second-order valence-electron chi connectivity index (χ2n) is 9.10. The fourth-order valence-electron chi connectivity index (χ4n) is 4.40. The van der Waals surface area contributed by atoms with Gasteiger partial charge in [0, 0.05) is 62.0 Å². The van der Waals surface area contributed by atoms with Crippen LogP contribution in [0.5, 0.6) is 0 Å². The van der Waals surface area contributed by atoms with Crippen molar-refractivity contribution in [2.75, 3.05) is 58.5 Å². The van der Waals surface area contributed by atoms with Gasteiger partial charge in [-0.1, -0.05) is 18.2 Å². The number of amides is 1. The Labute approximate surface area is 196 Å². The van der Waals surface area contributed by atoms with E-state index in [0.29, 0.717) is 32.8 Å². The van der Waals surface area contributed by atoms with Crippen molar-refractivity contribution in [2.45, 2.75) is 33.0 Å². The number of morpholine rings is 1. The van der Waals surface area contributed by atoms with Crippen LogP contribution in [0.4, 0.5) is 5.82 Å². The van der Waals surface area contributed by atoms with Gasteiger partial charge in [-0.25, -0.2) is 10.4 Å². The van der Waals surface area contributed by atoms with Crippen LogP contribution in [0.15, 0.2) is 30.3 Å². The summed E-state index contributed by atoms with van der Waals surface area (Å²) in [7, 11) is 4.10. The van der Waals surface area contributed by atoms with Crippen molar-refractivity contribution in [3.8, 4) is 11.3 Å². The number of benzene rings is 1. The lowest BCUT2D eigenvalue weighted by molar-refractivity contribution is 0.0302. The van der Waals surface area contributed by atoms with Crippen LogP contribution in [-0.2, 0) is 17.8 Å². The Balaban J connectivity index is 1.69. The molecular formula is C25H36N6O2. The van der Waals surface area contributed by atoms with E-state index in [2.05, 4.69) is 65.8 Å². The standard InChI is InChI=1S/C25H36N6O2/c1-18(2)31-24-22(16-27-31)21(25(32)30-10-12-33-13-11-30)15-23(28-24)20-7-5-6-19(14-20)17-29(4)9-8-26-3/h5-7,14-15,18,26-27H,8-13,16-17H2,1-4H3. The second kappa shape index (κ2) is 10.6. The number of pyridine rings is 1. The lowest BCUT2D eigenvalue weighted by Crippen LogP contribution is -2.41. The van der Waals surface area contributed by atoms with Crippen LogP contribution < -0.4 is 15.8 Å². The highest BCUT2D eigenvalue weighted by molar-refractivity contribution is 5.98. The lowest BCUT2D eigenvalue weighted by atomic mass is 10.0. The molecule has 1 fully saturated rings. The van der Waals surface area contributed by atoms with Gasteiger partial charge in [0.05, 0.1) is 18.9 Å². The molecule has 0 atom stereocenters. The van der Waals surface area contributed by atoms with Crippen LogP contribution in [-0.4, -0.2) is 80.2 Å². The van der Waals surface area contributed by atoms with Gasteiger partial charge in [-0.05, 0) is 45.6 Å². The fraction of sp³-hybridized carbons (Fsp3) is 0.520. The van der Waals surface area contributed by atoms with E-state index in [0.717, 1.165) is 47.8 Å². The van der Waals surface area contributed by atoms with Gasteiger partial charge in [0.25, 0.3) is 5.91 Å². The molecule has 0 spiro atoms. The first-order valence-corrected chi connectivity index (χ1v) is 11.8. The molecule has 8 nitrogen and oxygen atoms in total. The maximum absolute atomic E-state index is 13.5. The molecule has 1 amide bonds. The molecule has 2 aliphatic heterocycles. The van der Waals surface area contributed by atoms with Crippen molar-refractivity contribution < 1.29 is 9.53 Å². The summed E-state index contributed by atoms with van der Waals surface area (Å²) in [6.45, 7) is 10.1. The third-order valence-corrected chi connectivity index (χ3v) is 6.22. The molecule has 2 N–H and O–H groups in total. The molecule has 1 aromatic carbocycles. The zero-order valence-electron chi connectivity index (χ0n) is 20.2. The zero-order valence-corrected chi connectivity index (χ0v) is 20.2. The van der Waals surface area contributed by atoms with Crippen LogP contribution in [0.1, 0.15) is 35.3 Å². The van der Waals surface area contributed by atoms with Crippen LogP contribution in [0, 0.1) is 0 Å². The number of rotatable bonds is 8. The van der Waals surface area contributed by atoms with Gasteiger partial charge in [0.2, 0.25) is 0 Å². The van der Waals surface area contributed by atoms with E-state index in [9.17, 15) is 4.79 Å². The van der Waals surface area contributed by atoms with Crippen molar-refractivity contribution in [1.29, 1.82) is 0 Å². The van der Waals surface area contributed by atoms with E-state index in [1.807, 2.05) is 18.0 Å². The van der Waals surface area contributed by atoms with Crippen LogP contribution in [0.3, 0.4) is 0 Å². The summed E-state index contributed by atoms with van der Waals surface area (Å²) in [5.41, 5.74) is 8.23. The Kier molecular flexibility index (Phi) is 7.60. The molecule has 178 valence electrons. The highest BCUT2D eigenvalue weighted by Gasteiger charge is 2.31. The number of nitrogens with one attached hydrogen (secondary N) is 2. The van der Waals surface area contributed by atoms with E-state index in [1.165, 1.54) is 5.56 Å². The minimum Gasteiger partial charge on any atom is -0.378 e. The topological polar surface area (TPSA) is 73.0 Å². The van der Waals surface area contributed by atoms with Crippen molar-refractivity contribution in [1.82, 2.24) is 25.5 Å². The number of ether oxygens (including phenoxy) is 1. The number of fused-ring (bicyclic) bond motifs is 1. The Morgan fingerprint density at radius 1 is 1.27 bits per heavy atom. The number of anilines is 1. The summed E-state index contributed by atoms with van der Waals surface area (Å²) in [5, 5.41) is 5.27. The van der Waals surface area contributed by atoms with Crippen molar-refractivity contribution >= 4 is 11.7 Å². The normalized spacial score (nSPS) is 16.1. The van der Waals surface area contributed by atoms with Crippen molar-refractivity contribution in [3.05, 3.63) is 47.0 Å². The number of hydrogen-bond donors (Lipinski definition) is 2. The molecule has 0 saturated carbocycles. The molecule has 33 heavy (non-hydrogen) atoms. The van der Waals surface area contributed by atoms with Gasteiger partial charge >= 0.3 is 0 Å². The molecule has 1 saturated heterocycles. The predicted octanol–water partition coefficient (Wildman–Crippen LogP) is 2.11. The lowest BCUT2D eigenvalue weighted by Gasteiger charge is -2.28. The molecule has 0 unspecified atom stereocenters. The maximum atomic E-state index is 13.5. The molecule has 0 aliphatic carbocycles. The molecule has 0 radical (unpaired) electrons. The quantitative estimate of drug-likeness (QED) is 0.636. The first-order chi connectivity index (χ1) is 16.0. The maximum Gasteiger partial charge on any atom is 0.254 e. The predicted molar refractivity (Wildman–Crippen MR) is 131 cm³/mol. The van der Waals surface area contributed by atoms with Crippen molar-refractivity contribution in [3.63, 3.8) is 0 Å². The Bertz CT molecular complexity index is 973. The van der Waals surface area contributed by atoms with E-state index in [1.54, 1.807) is 0 Å². The van der Waals surface area contributed by atoms with Gasteiger partial charge in [0.1, 0.15) is 5.82 Å². The molecule has 0 bridgehead atoms. The molecule has 2 aliphatic rings. The largest absolute Gasteiger partial charge is 0.378 e. The third-order valence-electron chi connectivity index (χ3n) is 6.22. The number of hydrogen-bond acceptors (Lipinski definition) is 7. The third kappa shape index (κ3) is 5.35. The van der Waals surface area contributed by atoms with Gasteiger partial charge in [0.15, 0.2) is 0 Å². The minimum absolute atomic E-state index is 0.0635. The van der Waals surface area contributed by atoms with Gasteiger partial charge in [-0.2, -0.15) is 0 Å². The highest BCUT2D eigenvalue weighted by Crippen LogP contribution is 2.33. The summed E-state index contributed by atoms with van der Waals surface area (Å²) in [6, 6.07) is 10.7. The Morgan fingerprint density at radius 3 is 2.79 bits per heavy atom. The molecular weight excluding hydrogens is 416 g/mol. The average molecular weight is 453 g/mol. The number of hydrazine groups is 1. The monoisotopic (exact) mass is 452 g/mol. The summed E-state index contributed by atoms with van der Waals surface area (Å²) in [5.74, 6) is 0.921. The van der Waals surface area contributed by atoms with Gasteiger partial charge in [-0.15, -0.1) is 0 Å². The number of likely N-dealkylation sites (N-methyl/N-ethyl adjacent to an activating group) is 2. The fourth-order valence-corrected chi connectivity index (χ4v) is 4.40. The first kappa shape index (κ1) is 23.6. The van der Waals surface area contributed by atoms with E-state index < -0.39 is 0 Å². The Hall–Kier alpha value is -2.52. The number of carbonyl (C=O) groups excluding carboxylic acids is 1. The minimum atomic E-state index is 0.0635. The molecule has 8 heteroatoms. The number of nitrogens with zero attached hydrogens (tertiary/aromatic N) is 4. The Morgan fingerprint density at radius 2 is 2.06 bits per heavy atom. The van der Waals surface area contributed by atoms with E-state index >= 15 is 0 Å². The number of carbonyl (C=O) groups is 1. The SMILES string of the molecule is CNCCN(C)Cc1cccc(-c2cc(C(=O)N3CCOCC3)c3c(n2)N(C(C)C)NC3)c1. The first-order valence-electron chi connectivity index (χ1n) is 11.8. The molecule has 2 aromatic rings. The summed E-state index contributed by atoms with van der Waals surface area (Å²) >= 11 is 0. The van der Waals surface area contributed by atoms with Crippen LogP contribution in [0.25, 0.3) is 11.3 Å². The summed E-state index contributed by atoms with van der Waals surface area (Å²) in [6.07, 6.45) is 0. The molecule has 1 aromatic heterocycles. The second-order valence-corrected chi connectivity index (χ2v) is 9.10. The summed E-state index contributed by atoms with van der Waals surface area (Å²) < 4.78 is 5.45. The van der Waals surface area contributed by atoms with Crippen LogP contribution >= 0.6 is 0 Å². The molecule has 3 heterocycles. The van der Waals surface area contributed by atoms with E-state index in [4.69, 9.17) is 9.72 Å². The zero-order chi connectivity index (χ0) is 23.4.